The van der Waals surface area contributed by atoms with Gasteiger partial charge in [-0.25, -0.2) is 0 Å². The molecule has 0 rings (SSSR count). The van der Waals surface area contributed by atoms with Crippen molar-refractivity contribution in [2.45, 2.75) is 0 Å². The summed E-state index contributed by atoms with van der Waals surface area (Å²) in [5, 5.41) is 14.2. The van der Waals surface area contributed by atoms with E-state index in [4.69, 9.17) is 10.2 Å². The fourth-order valence-electron chi connectivity index (χ4n) is 0. The molecule has 0 saturated heterocycles. The summed E-state index contributed by atoms with van der Waals surface area (Å²) in [6.07, 6.45) is 0. The minimum Gasteiger partial charge on any atom is -0.412 e. The van der Waals surface area contributed by atoms with E-state index in [-0.39, 0.29) is 43.8 Å². The van der Waals surface area contributed by atoms with Gasteiger partial charge in [-0.2, -0.15) is 0 Å². The van der Waals surface area contributed by atoms with Crippen LogP contribution < -0.4 is 0 Å². The molecular weight excluding hydrogens is 172 g/mol. The van der Waals surface area contributed by atoms with Crippen LogP contribution in [0.4, 0.5) is 0 Å². The highest BCUT2D eigenvalue weighted by Crippen LogP contribution is 1.17. The van der Waals surface area contributed by atoms with Gasteiger partial charge in [0.2, 0.25) is 0 Å². The number of aliphatic hydroxyl groups is 2. The summed E-state index contributed by atoms with van der Waals surface area (Å²) >= 11 is 0. The van der Waals surface area contributed by atoms with E-state index < -0.39 is 6.79 Å². The Morgan fingerprint density at radius 3 is 0.455 bits per heavy atom. The second-order valence-electron chi connectivity index (χ2n) is 0.141. The lowest BCUT2D eigenvalue weighted by Crippen LogP contribution is -1.66. The first kappa shape index (κ1) is 382. The van der Waals surface area contributed by atoms with Crippen molar-refractivity contribution in [1.29, 1.82) is 0 Å². The van der Waals surface area contributed by atoms with Crippen LogP contribution in [0.5, 0.6) is 0 Å². The van der Waals surface area contributed by atoms with Gasteiger partial charge in [-0.3, -0.25) is 0 Å². The van der Waals surface area contributed by atoms with Gasteiger partial charge in [0.25, 0.3) is 0 Å². The molecule has 84 valence electrons. The quantitative estimate of drug-likeness (QED) is 0.353. The molecule has 0 bridgehead atoms. The molecule has 0 radical (unpaired) electrons. The van der Waals surface area contributed by atoms with Gasteiger partial charge in [-0.1, -0.05) is 0 Å². The lowest BCUT2D eigenvalue weighted by atomic mass is 11.6. The molecule has 0 atom stereocenters. The van der Waals surface area contributed by atoms with E-state index in [9.17, 15) is 0 Å². The van der Waals surface area contributed by atoms with Crippen molar-refractivity contribution >= 4 is 0 Å². The Hall–Kier alpha value is -0.400. The van der Waals surface area contributed by atoms with E-state index in [0.717, 1.165) is 0 Å². The summed E-state index contributed by atoms with van der Waals surface area (Å²) in [5.74, 6) is 0. The highest BCUT2D eigenvalue weighted by atomic mass is 16.5. The number of rotatable bonds is 0. The fraction of sp³-hybridized carbons (Fsp3) is 1.00. The van der Waals surface area contributed by atoms with Gasteiger partial charge in [0.05, 0.1) is 0 Å². The molecule has 0 amide bonds. The van der Waals surface area contributed by atoms with Gasteiger partial charge in [0, 0.05) is 0 Å². The van der Waals surface area contributed by atoms with Crippen molar-refractivity contribution < 1.29 is 54.0 Å². The van der Waals surface area contributed by atoms with Crippen LogP contribution in [0.25, 0.3) is 0 Å². The van der Waals surface area contributed by atoms with Gasteiger partial charge >= 0.3 is 0 Å². The Kier molecular flexibility index (Phi) is 68400. The lowest BCUT2D eigenvalue weighted by Gasteiger charge is -1.55. The zero-order chi connectivity index (χ0) is 2.71. The normalized spacial score (nSPS) is 1.64. The lowest BCUT2D eigenvalue weighted by molar-refractivity contribution is 0.0773. The van der Waals surface area contributed by atoms with Crippen molar-refractivity contribution in [3.05, 3.63) is 0 Å². The SMILES string of the molecule is O.O.O.O.O.O.O.O.OCO. The Bertz CT molecular complexity index is 4.83. The van der Waals surface area contributed by atoms with Crippen LogP contribution in [0.2, 0.25) is 0 Å². The highest BCUT2D eigenvalue weighted by molar-refractivity contribution is 3.50. The predicted octanol–water partition coefficient (Wildman–Crippen LogP) is -7.67. The maximum atomic E-state index is 7.12. The van der Waals surface area contributed by atoms with Crippen molar-refractivity contribution in [3.8, 4) is 0 Å². The molecule has 0 aromatic rings. The molecule has 0 aromatic heterocycles. The summed E-state index contributed by atoms with van der Waals surface area (Å²) in [6.45, 7) is -0.750. The zero-order valence-electron chi connectivity index (χ0n) is 5.60. The van der Waals surface area contributed by atoms with Crippen LogP contribution in [-0.2, 0) is 0 Å². The maximum Gasteiger partial charge on any atom is 0.140 e. The zero-order valence-corrected chi connectivity index (χ0v) is 5.60. The third kappa shape index (κ3) is 3470. The molecule has 0 aromatic carbocycles. The maximum absolute atomic E-state index is 7.12. The first-order valence-electron chi connectivity index (χ1n) is 0.632. The van der Waals surface area contributed by atoms with Crippen LogP contribution in [0.15, 0.2) is 0 Å². The van der Waals surface area contributed by atoms with E-state index in [1.165, 1.54) is 0 Å². The van der Waals surface area contributed by atoms with E-state index in [0.29, 0.717) is 0 Å². The third-order valence-electron chi connectivity index (χ3n) is 0. The molecule has 0 unspecified atom stereocenters. The first-order valence-corrected chi connectivity index (χ1v) is 0.632. The standard InChI is InChI=1S/CH4O2.8H2O/c2-1-3;;;;;;;;/h2-3H,1H2;8*1H2. The summed E-state index contributed by atoms with van der Waals surface area (Å²) in [4.78, 5) is 0. The second-order valence-corrected chi connectivity index (χ2v) is 0.141. The molecule has 0 aliphatic heterocycles. The van der Waals surface area contributed by atoms with Gasteiger partial charge in [0.15, 0.2) is 0 Å². The summed E-state index contributed by atoms with van der Waals surface area (Å²) in [5.41, 5.74) is 0. The number of hydrogen-bond donors (Lipinski definition) is 2. The molecule has 10 heteroatoms. The van der Waals surface area contributed by atoms with Gasteiger partial charge in [-0.05, 0) is 0 Å². The largest absolute Gasteiger partial charge is 0.412 e. The molecule has 0 saturated carbocycles. The van der Waals surface area contributed by atoms with Gasteiger partial charge < -0.3 is 54.0 Å². The Balaban J connectivity index is -0.000000000714. The molecule has 11 heavy (non-hydrogen) atoms. The molecule has 0 spiro atoms. The van der Waals surface area contributed by atoms with Gasteiger partial charge in [-0.15, -0.1) is 0 Å². The second kappa shape index (κ2) is 1970. The fourth-order valence-corrected chi connectivity index (χ4v) is 0. The van der Waals surface area contributed by atoms with E-state index in [2.05, 4.69) is 0 Å². The Morgan fingerprint density at radius 2 is 0.455 bits per heavy atom. The summed E-state index contributed by atoms with van der Waals surface area (Å²) in [7, 11) is 0. The van der Waals surface area contributed by atoms with Crippen LogP contribution in [-0.4, -0.2) is 60.8 Å². The molecular formula is CH20O10. The van der Waals surface area contributed by atoms with Crippen molar-refractivity contribution in [2.24, 2.45) is 0 Å². The molecule has 10 nitrogen and oxygen atoms in total. The van der Waals surface area contributed by atoms with Crippen molar-refractivity contribution in [2.75, 3.05) is 6.79 Å². The molecule has 0 aliphatic rings. The number of aliphatic hydroxyl groups excluding tert-OH is 1. The molecule has 18 N–H and O–H groups in total. The average molecular weight is 192 g/mol. The summed E-state index contributed by atoms with van der Waals surface area (Å²) in [6, 6.07) is 0. The van der Waals surface area contributed by atoms with E-state index in [1.807, 2.05) is 0 Å². The minimum atomic E-state index is -0.750. The van der Waals surface area contributed by atoms with Gasteiger partial charge in [0.1, 0.15) is 6.79 Å². The van der Waals surface area contributed by atoms with E-state index >= 15 is 0 Å². The Labute approximate surface area is 62.2 Å². The van der Waals surface area contributed by atoms with Crippen molar-refractivity contribution in [1.82, 2.24) is 0 Å². The third-order valence-corrected chi connectivity index (χ3v) is 0. The van der Waals surface area contributed by atoms with Crippen LogP contribution in [0.3, 0.4) is 0 Å². The summed E-state index contributed by atoms with van der Waals surface area (Å²) < 4.78 is 0. The topological polar surface area (TPSA) is 292 Å². The predicted molar refractivity (Wildman–Crippen MR) is 38.2 cm³/mol. The molecule has 0 fully saturated rings. The Morgan fingerprint density at radius 1 is 0.455 bits per heavy atom. The minimum absolute atomic E-state index is 0. The average Bonchev–Trinajstić information content (AvgIpc) is 0.918. The highest BCUT2D eigenvalue weighted by Gasteiger charge is 1.32. The van der Waals surface area contributed by atoms with Crippen LogP contribution >= 0.6 is 0 Å². The molecule has 0 heterocycles. The first-order chi connectivity index (χ1) is 1.41. The van der Waals surface area contributed by atoms with E-state index in [1.54, 1.807) is 0 Å². The smallest absolute Gasteiger partial charge is 0.140 e. The van der Waals surface area contributed by atoms with Crippen LogP contribution in [0, 0.1) is 0 Å². The van der Waals surface area contributed by atoms with Crippen molar-refractivity contribution in [3.63, 3.8) is 0 Å². The van der Waals surface area contributed by atoms with Crippen LogP contribution in [0.1, 0.15) is 0 Å². The monoisotopic (exact) mass is 192 g/mol. The molecule has 0 aliphatic carbocycles. The number of hydrogen-bond acceptors (Lipinski definition) is 2.